The third kappa shape index (κ3) is 3.91. The first-order valence-electron chi connectivity index (χ1n) is 8.11. The van der Waals surface area contributed by atoms with Gasteiger partial charge < -0.3 is 9.64 Å². The molecule has 0 unspecified atom stereocenters. The Hall–Kier alpha value is -2.59. The summed E-state index contributed by atoms with van der Waals surface area (Å²) in [7, 11) is 1.95. The number of halogens is 1. The summed E-state index contributed by atoms with van der Waals surface area (Å²) in [5, 5.41) is 1.61. The average molecular weight is 355 g/mol. The lowest BCUT2D eigenvalue weighted by atomic mass is 10.1. The number of carbonyl (C=O) groups excluding carboxylic acids is 1. The van der Waals surface area contributed by atoms with Crippen LogP contribution in [-0.4, -0.2) is 24.6 Å². The molecular weight excluding hydrogens is 336 g/mol. The molecule has 3 aromatic rings. The minimum Gasteiger partial charge on any atom is -0.462 e. The van der Waals surface area contributed by atoms with Gasteiger partial charge in [-0.1, -0.05) is 29.8 Å². The molecule has 0 saturated carbocycles. The molecule has 0 fully saturated rings. The van der Waals surface area contributed by atoms with E-state index in [9.17, 15) is 4.79 Å². The fourth-order valence-electron chi connectivity index (χ4n) is 2.67. The van der Waals surface area contributed by atoms with Crippen molar-refractivity contribution in [2.24, 2.45) is 0 Å². The predicted molar refractivity (Wildman–Crippen MR) is 101 cm³/mol. The molecule has 128 valence electrons. The van der Waals surface area contributed by atoms with E-state index in [2.05, 4.69) is 0 Å². The highest BCUT2D eigenvalue weighted by atomic mass is 35.5. The summed E-state index contributed by atoms with van der Waals surface area (Å²) in [6.07, 6.45) is 0. The largest absolute Gasteiger partial charge is 0.462 e. The van der Waals surface area contributed by atoms with E-state index in [1.54, 1.807) is 6.92 Å². The molecule has 0 spiro atoms. The molecule has 0 atom stereocenters. The van der Waals surface area contributed by atoms with Crippen molar-refractivity contribution >= 4 is 34.2 Å². The molecule has 0 N–H and O–H groups in total. The first kappa shape index (κ1) is 17.2. The monoisotopic (exact) mass is 354 g/mol. The number of pyridine rings is 1. The van der Waals surface area contributed by atoms with Crippen LogP contribution in [0.15, 0.2) is 54.6 Å². The van der Waals surface area contributed by atoms with Crippen molar-refractivity contribution in [3.05, 3.63) is 70.9 Å². The first-order valence-corrected chi connectivity index (χ1v) is 8.48. The zero-order valence-electron chi connectivity index (χ0n) is 14.2. The fraction of sp³-hybridized carbons (Fsp3) is 0.200. The number of aromatic nitrogens is 1. The Morgan fingerprint density at radius 2 is 1.88 bits per heavy atom. The summed E-state index contributed by atoms with van der Waals surface area (Å²) < 4.78 is 5.21. The Balaban J connectivity index is 1.99. The normalized spacial score (nSPS) is 10.7. The van der Waals surface area contributed by atoms with Gasteiger partial charge in [-0.05, 0) is 43.3 Å². The first-order chi connectivity index (χ1) is 12.1. The van der Waals surface area contributed by atoms with Gasteiger partial charge >= 0.3 is 5.97 Å². The Kier molecular flexibility index (Phi) is 5.19. The minimum absolute atomic E-state index is 0.331. The molecule has 3 rings (SSSR count). The summed E-state index contributed by atoms with van der Waals surface area (Å²) in [5.41, 5.74) is 3.04. The van der Waals surface area contributed by atoms with Crippen molar-refractivity contribution < 1.29 is 9.53 Å². The van der Waals surface area contributed by atoms with Gasteiger partial charge in [-0.15, -0.1) is 0 Å². The molecule has 0 bridgehead atoms. The van der Waals surface area contributed by atoms with Gasteiger partial charge in [0, 0.05) is 23.1 Å². The Morgan fingerprint density at radius 3 is 2.60 bits per heavy atom. The van der Waals surface area contributed by atoms with Gasteiger partial charge in [0.25, 0.3) is 0 Å². The lowest BCUT2D eigenvalue weighted by Crippen LogP contribution is -2.20. The average Bonchev–Trinajstić information content (AvgIpc) is 2.61. The van der Waals surface area contributed by atoms with Gasteiger partial charge in [0.2, 0.25) is 0 Å². The smallest absolute Gasteiger partial charge is 0.340 e. The molecule has 0 radical (unpaired) electrons. The SMILES string of the molecule is CCOC(=O)c1cc2ccccc2nc1CN(C)c1ccc(Cl)cc1. The quantitative estimate of drug-likeness (QED) is 0.623. The number of ether oxygens (including phenoxy) is 1. The fourth-order valence-corrected chi connectivity index (χ4v) is 2.80. The molecule has 0 aliphatic heterocycles. The highest BCUT2D eigenvalue weighted by Gasteiger charge is 2.17. The number of para-hydroxylation sites is 1. The number of anilines is 1. The van der Waals surface area contributed by atoms with Crippen molar-refractivity contribution in [3.8, 4) is 0 Å². The van der Waals surface area contributed by atoms with Crippen molar-refractivity contribution in [2.45, 2.75) is 13.5 Å². The van der Waals surface area contributed by atoms with E-state index in [4.69, 9.17) is 21.3 Å². The molecule has 1 aromatic heterocycles. The van der Waals surface area contributed by atoms with Crippen LogP contribution in [0.25, 0.3) is 10.9 Å². The zero-order valence-corrected chi connectivity index (χ0v) is 15.0. The van der Waals surface area contributed by atoms with Crippen molar-refractivity contribution in [2.75, 3.05) is 18.6 Å². The highest BCUT2D eigenvalue weighted by Crippen LogP contribution is 2.22. The van der Waals surface area contributed by atoms with E-state index in [0.29, 0.717) is 29.4 Å². The summed E-state index contributed by atoms with van der Waals surface area (Å²) in [4.78, 5) is 19.1. The summed E-state index contributed by atoms with van der Waals surface area (Å²) in [6, 6.07) is 17.2. The molecule has 0 aliphatic carbocycles. The summed E-state index contributed by atoms with van der Waals surface area (Å²) in [5.74, 6) is -0.347. The second kappa shape index (κ2) is 7.53. The van der Waals surface area contributed by atoms with E-state index < -0.39 is 0 Å². The summed E-state index contributed by atoms with van der Waals surface area (Å²) in [6.45, 7) is 2.62. The number of fused-ring (bicyclic) bond motifs is 1. The minimum atomic E-state index is -0.347. The predicted octanol–water partition coefficient (Wildman–Crippen LogP) is 4.70. The Bertz CT molecular complexity index is 894. The van der Waals surface area contributed by atoms with Crippen LogP contribution in [0.3, 0.4) is 0 Å². The van der Waals surface area contributed by atoms with Gasteiger partial charge in [0.1, 0.15) is 0 Å². The van der Waals surface area contributed by atoms with E-state index in [1.165, 1.54) is 0 Å². The summed E-state index contributed by atoms with van der Waals surface area (Å²) >= 11 is 5.95. The molecular formula is C20H19ClN2O2. The van der Waals surface area contributed by atoms with Crippen LogP contribution in [-0.2, 0) is 11.3 Å². The van der Waals surface area contributed by atoms with Crippen LogP contribution < -0.4 is 4.90 Å². The molecule has 0 aliphatic rings. The molecule has 0 amide bonds. The van der Waals surface area contributed by atoms with E-state index in [-0.39, 0.29) is 5.97 Å². The van der Waals surface area contributed by atoms with Crippen molar-refractivity contribution in [3.63, 3.8) is 0 Å². The molecule has 4 nitrogen and oxygen atoms in total. The number of carbonyl (C=O) groups is 1. The number of esters is 1. The van der Waals surface area contributed by atoms with Crippen LogP contribution >= 0.6 is 11.6 Å². The lowest BCUT2D eigenvalue weighted by Gasteiger charge is -2.20. The third-order valence-electron chi connectivity index (χ3n) is 3.95. The highest BCUT2D eigenvalue weighted by molar-refractivity contribution is 6.30. The Morgan fingerprint density at radius 1 is 1.16 bits per heavy atom. The maximum absolute atomic E-state index is 12.4. The Labute approximate surface area is 152 Å². The maximum atomic E-state index is 12.4. The lowest BCUT2D eigenvalue weighted by molar-refractivity contribution is 0.0524. The number of hydrogen-bond acceptors (Lipinski definition) is 4. The molecule has 2 aromatic carbocycles. The van der Waals surface area contributed by atoms with Gasteiger partial charge in [-0.2, -0.15) is 0 Å². The zero-order chi connectivity index (χ0) is 17.8. The van der Waals surface area contributed by atoms with Crippen molar-refractivity contribution in [1.82, 2.24) is 4.98 Å². The van der Waals surface area contributed by atoms with E-state index in [1.807, 2.05) is 66.5 Å². The van der Waals surface area contributed by atoms with Gasteiger partial charge in [-0.3, -0.25) is 4.98 Å². The topological polar surface area (TPSA) is 42.4 Å². The maximum Gasteiger partial charge on any atom is 0.340 e. The van der Waals surface area contributed by atoms with E-state index in [0.717, 1.165) is 16.6 Å². The van der Waals surface area contributed by atoms with Gasteiger partial charge in [-0.25, -0.2) is 4.79 Å². The van der Waals surface area contributed by atoms with E-state index >= 15 is 0 Å². The number of rotatable bonds is 5. The van der Waals surface area contributed by atoms with Gasteiger partial charge in [0.15, 0.2) is 0 Å². The molecule has 1 heterocycles. The van der Waals surface area contributed by atoms with Crippen LogP contribution in [0.1, 0.15) is 23.0 Å². The van der Waals surface area contributed by atoms with Gasteiger partial charge in [0.05, 0.1) is 29.9 Å². The van der Waals surface area contributed by atoms with Crippen LogP contribution in [0.2, 0.25) is 5.02 Å². The standard InChI is InChI=1S/C20H19ClN2O2/c1-3-25-20(24)17-12-14-6-4-5-7-18(14)22-19(17)13-23(2)16-10-8-15(21)9-11-16/h4-12H,3,13H2,1-2H3. The molecule has 25 heavy (non-hydrogen) atoms. The number of hydrogen-bond donors (Lipinski definition) is 0. The van der Waals surface area contributed by atoms with Crippen molar-refractivity contribution in [1.29, 1.82) is 0 Å². The van der Waals surface area contributed by atoms with Crippen LogP contribution in [0, 0.1) is 0 Å². The van der Waals surface area contributed by atoms with Crippen LogP contribution in [0.4, 0.5) is 5.69 Å². The van der Waals surface area contributed by atoms with Crippen LogP contribution in [0.5, 0.6) is 0 Å². The molecule has 0 saturated heterocycles. The number of nitrogens with zero attached hydrogens (tertiary/aromatic N) is 2. The second-order valence-corrected chi connectivity index (χ2v) is 6.16. The number of benzene rings is 2. The third-order valence-corrected chi connectivity index (χ3v) is 4.20. The second-order valence-electron chi connectivity index (χ2n) is 5.73. The molecule has 5 heteroatoms.